The lowest BCUT2D eigenvalue weighted by atomic mass is 9.67. The molecule has 0 aliphatic heterocycles. The van der Waals surface area contributed by atoms with E-state index in [1.165, 1.54) is 24.3 Å². The van der Waals surface area contributed by atoms with Gasteiger partial charge in [-0.1, -0.05) is 44.0 Å². The summed E-state index contributed by atoms with van der Waals surface area (Å²) >= 11 is 0. The van der Waals surface area contributed by atoms with Crippen LogP contribution in [0.4, 0.5) is 57.1 Å². The molecule has 0 spiro atoms. The van der Waals surface area contributed by atoms with Gasteiger partial charge in [0.05, 0.1) is 11.5 Å². The molecule has 1 saturated carbocycles. The van der Waals surface area contributed by atoms with E-state index in [2.05, 4.69) is 6.07 Å². The summed E-state index contributed by atoms with van der Waals surface area (Å²) < 4.78 is 172. The lowest BCUT2D eigenvalue weighted by Crippen LogP contribution is -2.70. The fourth-order valence-corrected chi connectivity index (χ4v) is 4.65. The minimum absolute atomic E-state index is 0.00384. The molecular formula is C25H26F13N. The molecule has 0 unspecified atom stereocenters. The van der Waals surface area contributed by atoms with E-state index in [4.69, 9.17) is 0 Å². The number of alkyl halides is 13. The van der Waals surface area contributed by atoms with Gasteiger partial charge in [0.25, 0.3) is 0 Å². The molecule has 0 aromatic heterocycles. The van der Waals surface area contributed by atoms with Crippen LogP contribution in [-0.4, -0.2) is 35.8 Å². The molecule has 1 aromatic carbocycles. The largest absolute Gasteiger partial charge is 0.460 e. The molecule has 0 radical (unpaired) electrons. The Morgan fingerprint density at radius 3 is 1.69 bits per heavy atom. The predicted octanol–water partition coefficient (Wildman–Crippen LogP) is 9.72. The Morgan fingerprint density at radius 1 is 0.769 bits per heavy atom. The maximum absolute atomic E-state index is 14.0. The van der Waals surface area contributed by atoms with E-state index in [0.717, 1.165) is 24.8 Å². The third-order valence-corrected chi connectivity index (χ3v) is 7.37. The van der Waals surface area contributed by atoms with Crippen molar-refractivity contribution in [2.75, 3.05) is 0 Å². The highest BCUT2D eigenvalue weighted by molar-refractivity contribution is 5.27. The summed E-state index contributed by atoms with van der Waals surface area (Å²) in [6.07, 6.45) is -5.63. The van der Waals surface area contributed by atoms with Gasteiger partial charge in [-0.3, -0.25) is 0 Å². The zero-order valence-electron chi connectivity index (χ0n) is 20.6. The van der Waals surface area contributed by atoms with Crippen LogP contribution in [0.2, 0.25) is 0 Å². The first-order valence-electron chi connectivity index (χ1n) is 12.1. The van der Waals surface area contributed by atoms with Gasteiger partial charge in [0.15, 0.2) is 0 Å². The van der Waals surface area contributed by atoms with Crippen molar-refractivity contribution in [1.82, 2.24) is 0 Å². The summed E-state index contributed by atoms with van der Waals surface area (Å²) in [6.45, 7) is 2.00. The summed E-state index contributed by atoms with van der Waals surface area (Å²) in [4.78, 5) is 0. The van der Waals surface area contributed by atoms with Gasteiger partial charge < -0.3 is 0 Å². The van der Waals surface area contributed by atoms with E-state index in [1.807, 2.05) is 6.92 Å². The molecule has 1 aliphatic rings. The minimum Gasteiger partial charge on any atom is -0.200 e. The summed E-state index contributed by atoms with van der Waals surface area (Å²) in [6, 6.07) is 7.73. The first kappa shape index (κ1) is 33.0. The van der Waals surface area contributed by atoms with Crippen LogP contribution in [-0.2, 0) is 6.42 Å². The molecular weight excluding hydrogens is 561 g/mol. The van der Waals surface area contributed by atoms with Crippen molar-refractivity contribution in [2.45, 2.75) is 106 Å². The molecule has 222 valence electrons. The zero-order chi connectivity index (χ0) is 30.1. The maximum Gasteiger partial charge on any atom is 0.460 e. The van der Waals surface area contributed by atoms with Gasteiger partial charge in [-0.05, 0) is 55.6 Å². The molecule has 0 bridgehead atoms. The average molecular weight is 587 g/mol. The molecule has 0 atom stereocenters. The van der Waals surface area contributed by atoms with E-state index >= 15 is 0 Å². The van der Waals surface area contributed by atoms with Crippen LogP contribution >= 0.6 is 0 Å². The van der Waals surface area contributed by atoms with Crippen LogP contribution < -0.4 is 0 Å². The van der Waals surface area contributed by atoms with Crippen LogP contribution in [0.5, 0.6) is 0 Å². The first-order chi connectivity index (χ1) is 17.6. The molecule has 0 heterocycles. The number of halogens is 13. The Hall–Kier alpha value is -2.20. The monoisotopic (exact) mass is 587 g/mol. The molecule has 0 N–H and O–H groups in total. The smallest absolute Gasteiger partial charge is 0.200 e. The van der Waals surface area contributed by atoms with Crippen LogP contribution in [0, 0.1) is 16.7 Å². The van der Waals surface area contributed by atoms with Crippen molar-refractivity contribution in [3.05, 3.63) is 35.4 Å². The number of aryl methyl sites for hydroxylation is 1. The molecule has 1 fully saturated rings. The third kappa shape index (κ3) is 5.97. The first-order valence-corrected chi connectivity index (χ1v) is 12.1. The molecule has 1 aliphatic carbocycles. The zero-order valence-corrected chi connectivity index (χ0v) is 20.6. The van der Waals surface area contributed by atoms with Crippen molar-refractivity contribution in [2.24, 2.45) is 5.41 Å². The van der Waals surface area contributed by atoms with Crippen molar-refractivity contribution in [3.63, 3.8) is 0 Å². The maximum atomic E-state index is 14.0. The third-order valence-electron chi connectivity index (χ3n) is 7.37. The van der Waals surface area contributed by atoms with E-state index in [1.54, 1.807) is 0 Å². The Bertz CT molecular complexity index is 998. The summed E-state index contributed by atoms with van der Waals surface area (Å²) in [7, 11) is 0. The number of nitrogens with zero attached hydrogens (tertiary/aromatic N) is 1. The van der Waals surface area contributed by atoms with Crippen molar-refractivity contribution < 1.29 is 57.1 Å². The standard InChI is InChI=1S/C25H26F13N/c1-2-3-11-19(15-39)12-9-18(10-13-19)17-6-4-16(5-7-17)8-14-20(26,27)21(28,29)22(30,31)23(32,33)24(34,35)25(36,37)38/h4-7,18H,2-3,8-14H2,1H3. The summed E-state index contributed by atoms with van der Waals surface area (Å²) in [5.74, 6) is -36.7. The Labute approximate surface area is 216 Å². The fraction of sp³-hybridized carbons (Fsp3) is 0.720. The normalized spacial score (nSPS) is 22.0. The van der Waals surface area contributed by atoms with Crippen LogP contribution in [0.3, 0.4) is 0 Å². The number of hydrogen-bond acceptors (Lipinski definition) is 1. The van der Waals surface area contributed by atoms with Gasteiger partial charge in [0, 0.05) is 6.42 Å². The average Bonchev–Trinajstić information content (AvgIpc) is 2.86. The van der Waals surface area contributed by atoms with E-state index < -0.39 is 54.0 Å². The van der Waals surface area contributed by atoms with Crippen LogP contribution in [0.1, 0.15) is 75.3 Å². The molecule has 1 nitrogen and oxygen atoms in total. The molecule has 0 amide bonds. The molecule has 1 aromatic rings. The number of rotatable bonds is 11. The number of hydrogen-bond donors (Lipinski definition) is 0. The lowest BCUT2D eigenvalue weighted by molar-refractivity contribution is -0.440. The minimum atomic E-state index is -7.88. The van der Waals surface area contributed by atoms with E-state index in [-0.39, 0.29) is 11.5 Å². The topological polar surface area (TPSA) is 23.8 Å². The molecule has 0 saturated heterocycles. The van der Waals surface area contributed by atoms with Crippen LogP contribution in [0.15, 0.2) is 24.3 Å². The van der Waals surface area contributed by atoms with Gasteiger partial charge in [0.2, 0.25) is 0 Å². The Balaban J connectivity index is 2.12. The summed E-state index contributed by atoms with van der Waals surface area (Å²) in [5.41, 5.74) is 0.181. The fourth-order valence-electron chi connectivity index (χ4n) is 4.65. The van der Waals surface area contributed by atoms with E-state index in [0.29, 0.717) is 25.7 Å². The van der Waals surface area contributed by atoms with Gasteiger partial charge in [-0.25, -0.2) is 0 Å². The predicted molar refractivity (Wildman–Crippen MR) is 114 cm³/mol. The molecule has 39 heavy (non-hydrogen) atoms. The molecule has 2 rings (SSSR count). The highest BCUT2D eigenvalue weighted by Crippen LogP contribution is 2.60. The van der Waals surface area contributed by atoms with Gasteiger partial charge >= 0.3 is 35.8 Å². The SMILES string of the molecule is CCCCC1(C#N)CCC(c2ccc(CCC(F)(F)C(F)(F)C(F)(F)C(F)(F)C(F)(F)C(F)(F)F)cc2)CC1. The summed E-state index contributed by atoms with van der Waals surface area (Å²) in [5, 5.41) is 9.57. The highest BCUT2D eigenvalue weighted by atomic mass is 19.4. The van der Waals surface area contributed by atoms with Crippen molar-refractivity contribution in [3.8, 4) is 6.07 Å². The second kappa shape index (κ2) is 11.0. The quantitative estimate of drug-likeness (QED) is 0.237. The Kier molecular flexibility index (Phi) is 9.30. The number of nitriles is 1. The lowest BCUT2D eigenvalue weighted by Gasteiger charge is -2.39. The van der Waals surface area contributed by atoms with Crippen LogP contribution in [0.25, 0.3) is 0 Å². The molecule has 14 heteroatoms. The second-order valence-corrected chi connectivity index (χ2v) is 10.0. The number of unbranched alkanes of at least 4 members (excludes halogenated alkanes) is 1. The van der Waals surface area contributed by atoms with E-state index in [9.17, 15) is 62.3 Å². The van der Waals surface area contributed by atoms with Gasteiger partial charge in [0.1, 0.15) is 0 Å². The Morgan fingerprint density at radius 2 is 1.26 bits per heavy atom. The van der Waals surface area contributed by atoms with Gasteiger partial charge in [-0.15, -0.1) is 0 Å². The van der Waals surface area contributed by atoms with Crippen molar-refractivity contribution in [1.29, 1.82) is 5.26 Å². The van der Waals surface area contributed by atoms with Crippen molar-refractivity contribution >= 4 is 0 Å². The van der Waals surface area contributed by atoms with Gasteiger partial charge in [-0.2, -0.15) is 62.3 Å². The second-order valence-electron chi connectivity index (χ2n) is 10.0. The highest BCUT2D eigenvalue weighted by Gasteiger charge is 2.90. The number of benzene rings is 1.